The Bertz CT molecular complexity index is 241. The minimum atomic E-state index is -0.756. The van der Waals surface area contributed by atoms with Crippen molar-refractivity contribution >= 4 is 5.78 Å². The zero-order valence-corrected chi connectivity index (χ0v) is 9.18. The van der Waals surface area contributed by atoms with Crippen LogP contribution >= 0.6 is 0 Å². The van der Waals surface area contributed by atoms with Gasteiger partial charge in [-0.1, -0.05) is 26.7 Å². The Labute approximate surface area is 86.0 Å². The summed E-state index contributed by atoms with van der Waals surface area (Å²) in [6, 6.07) is 0. The van der Waals surface area contributed by atoms with Crippen molar-refractivity contribution in [1.82, 2.24) is 0 Å². The lowest BCUT2D eigenvalue weighted by Gasteiger charge is -2.28. The van der Waals surface area contributed by atoms with Gasteiger partial charge in [-0.25, -0.2) is 0 Å². The lowest BCUT2D eigenvalue weighted by atomic mass is 9.79. The molecular formula is C12H20O2. The van der Waals surface area contributed by atoms with E-state index in [-0.39, 0.29) is 5.78 Å². The van der Waals surface area contributed by atoms with E-state index in [1.807, 2.05) is 0 Å². The minimum absolute atomic E-state index is 0.0236. The second kappa shape index (κ2) is 5.30. The average Bonchev–Trinajstić information content (AvgIpc) is 2.21. The molecule has 1 rings (SSSR count). The monoisotopic (exact) mass is 196 g/mol. The summed E-state index contributed by atoms with van der Waals surface area (Å²) in [5.74, 6) is -0.0236. The first kappa shape index (κ1) is 11.4. The molecule has 0 amide bonds. The van der Waals surface area contributed by atoms with Crippen LogP contribution in [0.2, 0.25) is 0 Å². The van der Waals surface area contributed by atoms with Crippen LogP contribution in [0.25, 0.3) is 0 Å². The molecule has 2 heteroatoms. The van der Waals surface area contributed by atoms with Crippen molar-refractivity contribution in [3.63, 3.8) is 0 Å². The molecule has 0 heterocycles. The number of aliphatic hydroxyl groups is 1. The number of carbonyl (C=O) groups is 1. The van der Waals surface area contributed by atoms with E-state index < -0.39 is 6.10 Å². The van der Waals surface area contributed by atoms with E-state index in [2.05, 4.69) is 13.8 Å². The van der Waals surface area contributed by atoms with Gasteiger partial charge in [0.15, 0.2) is 5.78 Å². The first-order valence-electron chi connectivity index (χ1n) is 5.66. The molecule has 1 atom stereocenters. The second-order valence-electron chi connectivity index (χ2n) is 3.98. The molecule has 0 radical (unpaired) electrons. The number of ketones is 1. The molecule has 0 spiro atoms. The third kappa shape index (κ3) is 2.24. The van der Waals surface area contributed by atoms with Gasteiger partial charge in [-0.05, 0) is 31.3 Å². The van der Waals surface area contributed by atoms with Crippen LogP contribution in [0, 0.1) is 0 Å². The maximum absolute atomic E-state index is 11.3. The van der Waals surface area contributed by atoms with Crippen LogP contribution in [0.3, 0.4) is 0 Å². The standard InChI is InChI=1S/C12H20O2/c1-3-5-7-9-10(8-6-4-2)12(14)11(9)13/h11,13H,3-8H2,1-2H3. The Morgan fingerprint density at radius 3 is 2.29 bits per heavy atom. The van der Waals surface area contributed by atoms with Gasteiger partial charge in [0, 0.05) is 5.57 Å². The predicted octanol–water partition coefficient (Wildman–Crippen LogP) is 2.61. The van der Waals surface area contributed by atoms with Crippen LogP contribution in [0.1, 0.15) is 52.4 Å². The summed E-state index contributed by atoms with van der Waals surface area (Å²) >= 11 is 0. The van der Waals surface area contributed by atoms with Crippen molar-refractivity contribution in [1.29, 1.82) is 0 Å². The molecule has 0 aromatic heterocycles. The van der Waals surface area contributed by atoms with E-state index in [1.54, 1.807) is 0 Å². The number of hydrogen-bond donors (Lipinski definition) is 1. The first-order chi connectivity index (χ1) is 6.72. The number of aliphatic hydroxyl groups excluding tert-OH is 1. The zero-order chi connectivity index (χ0) is 10.6. The number of rotatable bonds is 6. The highest BCUT2D eigenvalue weighted by Crippen LogP contribution is 2.32. The summed E-state index contributed by atoms with van der Waals surface area (Å²) in [6.07, 6.45) is 5.37. The van der Waals surface area contributed by atoms with E-state index in [0.717, 1.165) is 49.7 Å². The molecule has 0 saturated heterocycles. The van der Waals surface area contributed by atoms with E-state index in [4.69, 9.17) is 0 Å². The highest BCUT2D eigenvalue weighted by molar-refractivity contribution is 6.08. The van der Waals surface area contributed by atoms with Crippen molar-refractivity contribution in [2.75, 3.05) is 0 Å². The van der Waals surface area contributed by atoms with E-state index >= 15 is 0 Å². The minimum Gasteiger partial charge on any atom is -0.380 e. The van der Waals surface area contributed by atoms with Gasteiger partial charge in [0.2, 0.25) is 0 Å². The fraction of sp³-hybridized carbons (Fsp3) is 0.750. The van der Waals surface area contributed by atoms with Gasteiger partial charge in [0.25, 0.3) is 0 Å². The summed E-state index contributed by atoms with van der Waals surface area (Å²) in [5.41, 5.74) is 1.94. The highest BCUT2D eigenvalue weighted by atomic mass is 16.3. The maximum atomic E-state index is 11.3. The Morgan fingerprint density at radius 2 is 1.71 bits per heavy atom. The van der Waals surface area contributed by atoms with Crippen LogP contribution < -0.4 is 0 Å². The van der Waals surface area contributed by atoms with Crippen LogP contribution in [0.4, 0.5) is 0 Å². The first-order valence-corrected chi connectivity index (χ1v) is 5.66. The molecule has 0 fully saturated rings. The van der Waals surface area contributed by atoms with E-state index in [0.29, 0.717) is 0 Å². The molecule has 1 unspecified atom stereocenters. The molecular weight excluding hydrogens is 176 g/mol. The number of unbranched alkanes of at least 4 members (excludes halogenated alkanes) is 2. The molecule has 0 aromatic rings. The second-order valence-corrected chi connectivity index (χ2v) is 3.98. The molecule has 80 valence electrons. The third-order valence-electron chi connectivity index (χ3n) is 2.84. The van der Waals surface area contributed by atoms with Crippen molar-refractivity contribution in [2.45, 2.75) is 58.5 Å². The van der Waals surface area contributed by atoms with Gasteiger partial charge >= 0.3 is 0 Å². The number of hydrogen-bond acceptors (Lipinski definition) is 2. The number of carbonyl (C=O) groups excluding carboxylic acids is 1. The quantitative estimate of drug-likeness (QED) is 0.709. The molecule has 1 N–H and O–H groups in total. The molecule has 0 bridgehead atoms. The molecule has 0 saturated carbocycles. The van der Waals surface area contributed by atoms with Crippen molar-refractivity contribution in [2.24, 2.45) is 0 Å². The van der Waals surface area contributed by atoms with Crippen LogP contribution in [-0.2, 0) is 4.79 Å². The van der Waals surface area contributed by atoms with Gasteiger partial charge in [-0.2, -0.15) is 0 Å². The Morgan fingerprint density at radius 1 is 1.14 bits per heavy atom. The van der Waals surface area contributed by atoms with Crippen molar-refractivity contribution in [3.8, 4) is 0 Å². The fourth-order valence-corrected chi connectivity index (χ4v) is 1.86. The average molecular weight is 196 g/mol. The van der Waals surface area contributed by atoms with Gasteiger partial charge < -0.3 is 5.11 Å². The summed E-state index contributed by atoms with van der Waals surface area (Å²) in [6.45, 7) is 4.24. The fourth-order valence-electron chi connectivity index (χ4n) is 1.86. The molecule has 1 aliphatic rings. The Kier molecular flexibility index (Phi) is 4.33. The Hall–Kier alpha value is -0.630. The zero-order valence-electron chi connectivity index (χ0n) is 9.18. The topological polar surface area (TPSA) is 37.3 Å². The molecule has 0 aliphatic heterocycles. The van der Waals surface area contributed by atoms with Gasteiger partial charge in [0.1, 0.15) is 6.10 Å². The molecule has 2 nitrogen and oxygen atoms in total. The summed E-state index contributed by atoms with van der Waals surface area (Å²) < 4.78 is 0. The van der Waals surface area contributed by atoms with Gasteiger partial charge in [-0.3, -0.25) is 4.79 Å². The summed E-state index contributed by atoms with van der Waals surface area (Å²) in [4.78, 5) is 11.3. The van der Waals surface area contributed by atoms with Gasteiger partial charge in [0.05, 0.1) is 0 Å². The molecule has 0 aromatic carbocycles. The number of Topliss-reactive ketones (excluding diaryl/α,β-unsaturated/α-hetero) is 1. The lowest BCUT2D eigenvalue weighted by Crippen LogP contribution is -2.36. The smallest absolute Gasteiger partial charge is 0.191 e. The largest absolute Gasteiger partial charge is 0.380 e. The SMILES string of the molecule is CCCCC1=C(CCCC)C(O)C1=O. The van der Waals surface area contributed by atoms with Crippen LogP contribution in [0.15, 0.2) is 11.1 Å². The molecule has 14 heavy (non-hydrogen) atoms. The highest BCUT2D eigenvalue weighted by Gasteiger charge is 2.35. The van der Waals surface area contributed by atoms with Crippen LogP contribution in [0.5, 0.6) is 0 Å². The third-order valence-corrected chi connectivity index (χ3v) is 2.84. The lowest BCUT2D eigenvalue weighted by molar-refractivity contribution is -0.124. The van der Waals surface area contributed by atoms with Crippen molar-refractivity contribution in [3.05, 3.63) is 11.1 Å². The van der Waals surface area contributed by atoms with Gasteiger partial charge in [-0.15, -0.1) is 0 Å². The van der Waals surface area contributed by atoms with E-state index in [9.17, 15) is 9.90 Å². The maximum Gasteiger partial charge on any atom is 0.191 e. The van der Waals surface area contributed by atoms with Crippen molar-refractivity contribution < 1.29 is 9.90 Å². The predicted molar refractivity (Wildman–Crippen MR) is 57.1 cm³/mol. The summed E-state index contributed by atoms with van der Waals surface area (Å²) in [5, 5.41) is 9.47. The molecule has 1 aliphatic carbocycles. The van der Waals surface area contributed by atoms with Crippen LogP contribution in [-0.4, -0.2) is 17.0 Å². The summed E-state index contributed by atoms with van der Waals surface area (Å²) in [7, 11) is 0. The Balaban J connectivity index is 2.55. The normalized spacial score (nSPS) is 21.4. The van der Waals surface area contributed by atoms with E-state index in [1.165, 1.54) is 0 Å².